The van der Waals surface area contributed by atoms with Crippen molar-refractivity contribution < 1.29 is 5.21 Å². The van der Waals surface area contributed by atoms with Gasteiger partial charge >= 0.3 is 0 Å². The SMILES string of the molecule is ON=C(c1ccc(Cl)c(Cl)c1)c1ccccc1CCl. The number of alkyl halides is 1. The average molecular weight is 315 g/mol. The first-order chi connectivity index (χ1) is 9.17. The molecule has 0 aliphatic carbocycles. The normalized spacial score (nSPS) is 11.6. The Labute approximate surface area is 126 Å². The van der Waals surface area contributed by atoms with Crippen LogP contribution in [0.1, 0.15) is 16.7 Å². The first-order valence-electron chi connectivity index (χ1n) is 5.49. The highest BCUT2D eigenvalue weighted by Crippen LogP contribution is 2.25. The first-order valence-corrected chi connectivity index (χ1v) is 6.78. The Morgan fingerprint density at radius 2 is 1.79 bits per heavy atom. The van der Waals surface area contributed by atoms with Crippen LogP contribution in [0, 0.1) is 0 Å². The Hall–Kier alpha value is -1.22. The minimum Gasteiger partial charge on any atom is -0.410 e. The highest BCUT2D eigenvalue weighted by atomic mass is 35.5. The van der Waals surface area contributed by atoms with E-state index in [0.717, 1.165) is 11.1 Å². The van der Waals surface area contributed by atoms with Crippen molar-refractivity contribution in [3.63, 3.8) is 0 Å². The highest BCUT2D eigenvalue weighted by Gasteiger charge is 2.13. The van der Waals surface area contributed by atoms with E-state index in [1.165, 1.54) is 0 Å². The lowest BCUT2D eigenvalue weighted by atomic mass is 9.98. The summed E-state index contributed by atoms with van der Waals surface area (Å²) >= 11 is 17.8. The lowest BCUT2D eigenvalue weighted by Gasteiger charge is -2.10. The minimum atomic E-state index is 0.330. The van der Waals surface area contributed by atoms with E-state index in [9.17, 15) is 5.21 Å². The summed E-state index contributed by atoms with van der Waals surface area (Å²) < 4.78 is 0. The molecule has 0 saturated heterocycles. The van der Waals surface area contributed by atoms with Crippen LogP contribution in [0.25, 0.3) is 0 Å². The van der Waals surface area contributed by atoms with E-state index in [-0.39, 0.29) is 0 Å². The van der Waals surface area contributed by atoms with E-state index < -0.39 is 0 Å². The van der Waals surface area contributed by atoms with Gasteiger partial charge in [0.05, 0.1) is 10.0 Å². The molecule has 0 bridgehead atoms. The van der Waals surface area contributed by atoms with E-state index in [4.69, 9.17) is 34.8 Å². The largest absolute Gasteiger partial charge is 0.410 e. The minimum absolute atomic E-state index is 0.330. The summed E-state index contributed by atoms with van der Waals surface area (Å²) in [5.41, 5.74) is 2.73. The molecular weight excluding hydrogens is 305 g/mol. The van der Waals surface area contributed by atoms with Crippen molar-refractivity contribution in [2.24, 2.45) is 5.16 Å². The molecule has 2 aromatic rings. The third-order valence-electron chi connectivity index (χ3n) is 2.71. The topological polar surface area (TPSA) is 32.6 Å². The van der Waals surface area contributed by atoms with Crippen molar-refractivity contribution in [3.8, 4) is 0 Å². The van der Waals surface area contributed by atoms with Gasteiger partial charge in [-0.2, -0.15) is 0 Å². The van der Waals surface area contributed by atoms with E-state index in [1.54, 1.807) is 18.2 Å². The lowest BCUT2D eigenvalue weighted by molar-refractivity contribution is 0.319. The quantitative estimate of drug-likeness (QED) is 0.369. The summed E-state index contributed by atoms with van der Waals surface area (Å²) in [4.78, 5) is 0. The number of hydrogen-bond acceptors (Lipinski definition) is 2. The molecule has 0 radical (unpaired) electrons. The Morgan fingerprint density at radius 3 is 2.42 bits per heavy atom. The summed E-state index contributed by atoms with van der Waals surface area (Å²) in [5.74, 6) is 0.330. The van der Waals surface area contributed by atoms with E-state index in [1.807, 2.05) is 24.3 Å². The number of nitrogens with zero attached hydrogens (tertiary/aromatic N) is 1. The molecule has 0 aliphatic rings. The fraction of sp³-hybridized carbons (Fsp3) is 0.0714. The molecule has 2 nitrogen and oxygen atoms in total. The Morgan fingerprint density at radius 1 is 1.05 bits per heavy atom. The summed E-state index contributed by atoms with van der Waals surface area (Å²) in [5, 5.41) is 13.5. The molecule has 0 amide bonds. The van der Waals surface area contributed by atoms with Gasteiger partial charge in [-0.1, -0.05) is 58.7 Å². The van der Waals surface area contributed by atoms with Crippen LogP contribution in [-0.4, -0.2) is 10.9 Å². The van der Waals surface area contributed by atoms with Crippen molar-refractivity contribution >= 4 is 40.5 Å². The second-order valence-corrected chi connectivity index (χ2v) is 4.95. The Bertz CT molecular complexity index is 626. The second kappa shape index (κ2) is 6.29. The van der Waals surface area contributed by atoms with Gasteiger partial charge in [-0.05, 0) is 17.7 Å². The van der Waals surface area contributed by atoms with E-state index >= 15 is 0 Å². The summed E-state index contributed by atoms with van der Waals surface area (Å²) in [7, 11) is 0. The van der Waals surface area contributed by atoms with Crippen LogP contribution in [0.15, 0.2) is 47.6 Å². The number of benzene rings is 2. The molecule has 0 heterocycles. The maximum Gasteiger partial charge on any atom is 0.117 e. The summed E-state index contributed by atoms with van der Waals surface area (Å²) in [6.07, 6.45) is 0. The maximum absolute atomic E-state index is 9.28. The molecule has 98 valence electrons. The number of hydrogen-bond donors (Lipinski definition) is 1. The summed E-state index contributed by atoms with van der Waals surface area (Å²) in [6, 6.07) is 12.5. The van der Waals surface area contributed by atoms with Gasteiger partial charge < -0.3 is 5.21 Å². The van der Waals surface area contributed by atoms with Crippen LogP contribution in [0.4, 0.5) is 0 Å². The van der Waals surface area contributed by atoms with Gasteiger partial charge in [0.1, 0.15) is 5.71 Å². The van der Waals surface area contributed by atoms with Gasteiger partial charge in [-0.15, -0.1) is 11.6 Å². The molecule has 0 fully saturated rings. The van der Waals surface area contributed by atoms with Crippen molar-refractivity contribution in [1.82, 2.24) is 0 Å². The van der Waals surface area contributed by atoms with Crippen molar-refractivity contribution in [2.75, 3.05) is 0 Å². The molecular formula is C14H10Cl3NO. The molecule has 0 saturated carbocycles. The second-order valence-electron chi connectivity index (χ2n) is 3.87. The standard InChI is InChI=1S/C14H10Cl3NO/c15-8-10-3-1-2-4-11(10)14(18-19)9-5-6-12(16)13(17)7-9/h1-7,19H,8H2. The Balaban J connectivity index is 2.54. The van der Waals surface area contributed by atoms with E-state index in [2.05, 4.69) is 5.16 Å². The fourth-order valence-electron chi connectivity index (χ4n) is 1.78. The van der Waals surface area contributed by atoms with Crippen LogP contribution in [0.5, 0.6) is 0 Å². The third-order valence-corrected chi connectivity index (χ3v) is 3.74. The lowest BCUT2D eigenvalue weighted by Crippen LogP contribution is -2.06. The van der Waals surface area contributed by atoms with Gasteiger partial charge in [0.2, 0.25) is 0 Å². The van der Waals surface area contributed by atoms with Crippen molar-refractivity contribution in [2.45, 2.75) is 5.88 Å². The van der Waals surface area contributed by atoms with Gasteiger partial charge in [0, 0.05) is 17.0 Å². The molecule has 2 aromatic carbocycles. The average Bonchev–Trinajstić information content (AvgIpc) is 2.44. The predicted molar refractivity (Wildman–Crippen MR) is 79.9 cm³/mol. The zero-order chi connectivity index (χ0) is 13.8. The van der Waals surface area contributed by atoms with Crippen LogP contribution in [0.3, 0.4) is 0 Å². The molecule has 0 spiro atoms. The molecule has 0 aromatic heterocycles. The third kappa shape index (κ3) is 3.03. The van der Waals surface area contributed by atoms with Crippen LogP contribution < -0.4 is 0 Å². The molecule has 19 heavy (non-hydrogen) atoms. The molecule has 5 heteroatoms. The van der Waals surface area contributed by atoms with Crippen molar-refractivity contribution in [3.05, 3.63) is 69.2 Å². The molecule has 2 rings (SSSR count). The molecule has 0 aliphatic heterocycles. The summed E-state index contributed by atoms with van der Waals surface area (Å²) in [6.45, 7) is 0. The Kier molecular flexibility index (Phi) is 4.70. The molecule has 0 atom stereocenters. The zero-order valence-corrected chi connectivity index (χ0v) is 12.0. The first kappa shape index (κ1) is 14.2. The monoisotopic (exact) mass is 313 g/mol. The predicted octanol–water partition coefficient (Wildman–Crippen LogP) is 4.96. The van der Waals surface area contributed by atoms with Crippen LogP contribution in [0.2, 0.25) is 10.0 Å². The van der Waals surface area contributed by atoms with Crippen LogP contribution >= 0.6 is 34.8 Å². The van der Waals surface area contributed by atoms with Gasteiger partial charge in [0.25, 0.3) is 0 Å². The molecule has 0 unspecified atom stereocenters. The van der Waals surface area contributed by atoms with Crippen molar-refractivity contribution in [1.29, 1.82) is 0 Å². The molecule has 1 N–H and O–H groups in total. The number of halogens is 3. The zero-order valence-electron chi connectivity index (χ0n) is 9.78. The highest BCUT2D eigenvalue weighted by molar-refractivity contribution is 6.42. The smallest absolute Gasteiger partial charge is 0.117 e. The number of oxime groups is 1. The van der Waals surface area contributed by atoms with E-state index in [0.29, 0.717) is 27.2 Å². The van der Waals surface area contributed by atoms with Gasteiger partial charge in [-0.25, -0.2) is 0 Å². The number of rotatable bonds is 3. The fourth-order valence-corrected chi connectivity index (χ4v) is 2.31. The maximum atomic E-state index is 9.28. The van der Waals surface area contributed by atoms with Gasteiger partial charge in [0.15, 0.2) is 0 Å². The van der Waals surface area contributed by atoms with Crippen LogP contribution in [-0.2, 0) is 5.88 Å². The van der Waals surface area contributed by atoms with Gasteiger partial charge in [-0.3, -0.25) is 0 Å².